The average molecular weight is 302 g/mol. The molecule has 1 aliphatic rings. The van der Waals surface area contributed by atoms with E-state index in [-0.39, 0.29) is 12.0 Å². The number of carbonyl (C=O) groups is 1. The van der Waals surface area contributed by atoms with Crippen LogP contribution < -0.4 is 5.32 Å². The van der Waals surface area contributed by atoms with Crippen LogP contribution in [0.4, 0.5) is 0 Å². The molecule has 0 saturated carbocycles. The first-order valence-electron chi connectivity index (χ1n) is 8.06. The number of nitrogens with zero attached hydrogens (tertiary/aromatic N) is 1. The van der Waals surface area contributed by atoms with Crippen LogP contribution >= 0.6 is 0 Å². The quantitative estimate of drug-likeness (QED) is 0.624. The van der Waals surface area contributed by atoms with Crippen LogP contribution in [0.15, 0.2) is 30.3 Å². The highest BCUT2D eigenvalue weighted by atomic mass is 16.3. The smallest absolute Gasteiger partial charge is 0.243 e. The van der Waals surface area contributed by atoms with E-state index in [1.807, 2.05) is 37.3 Å². The van der Waals surface area contributed by atoms with Gasteiger partial charge in [-0.25, -0.2) is 0 Å². The number of piperidine rings is 1. The fourth-order valence-electron chi connectivity index (χ4n) is 2.57. The van der Waals surface area contributed by atoms with Gasteiger partial charge in [-0.1, -0.05) is 29.8 Å². The molecule has 0 radical (unpaired) electrons. The van der Waals surface area contributed by atoms with E-state index in [4.69, 9.17) is 0 Å². The number of hydrogen-bond acceptors (Lipinski definition) is 3. The molecule has 2 rings (SSSR count). The molecule has 0 atom stereocenters. The summed E-state index contributed by atoms with van der Waals surface area (Å²) in [4.78, 5) is 14.1. The first-order chi connectivity index (χ1) is 10.6. The van der Waals surface area contributed by atoms with E-state index in [9.17, 15) is 9.90 Å². The summed E-state index contributed by atoms with van der Waals surface area (Å²) in [5.41, 5.74) is 2.25. The van der Waals surface area contributed by atoms with Crippen LogP contribution in [-0.4, -0.2) is 48.2 Å². The van der Waals surface area contributed by atoms with Crippen LogP contribution in [0.2, 0.25) is 0 Å². The Morgan fingerprint density at radius 2 is 2.00 bits per heavy atom. The van der Waals surface area contributed by atoms with Gasteiger partial charge in [-0.05, 0) is 44.4 Å². The van der Waals surface area contributed by atoms with Crippen molar-refractivity contribution in [3.8, 4) is 0 Å². The lowest BCUT2D eigenvalue weighted by molar-refractivity contribution is -0.116. The van der Waals surface area contributed by atoms with Gasteiger partial charge in [0.2, 0.25) is 5.91 Å². The molecule has 1 aromatic carbocycles. The molecule has 1 aliphatic heterocycles. The Hall–Kier alpha value is -1.65. The van der Waals surface area contributed by atoms with Gasteiger partial charge in [-0.15, -0.1) is 0 Å². The molecule has 0 spiro atoms. The predicted molar refractivity (Wildman–Crippen MR) is 89.5 cm³/mol. The van der Waals surface area contributed by atoms with E-state index >= 15 is 0 Å². The van der Waals surface area contributed by atoms with Gasteiger partial charge in [-0.2, -0.15) is 0 Å². The number of aryl methyl sites for hydroxylation is 1. The summed E-state index contributed by atoms with van der Waals surface area (Å²) in [7, 11) is 0. The number of benzene rings is 1. The van der Waals surface area contributed by atoms with Crippen molar-refractivity contribution >= 4 is 12.0 Å². The maximum absolute atomic E-state index is 11.7. The number of rotatable bonds is 6. The number of hydrogen-bond donors (Lipinski definition) is 2. The van der Waals surface area contributed by atoms with Crippen molar-refractivity contribution < 1.29 is 9.90 Å². The Morgan fingerprint density at radius 1 is 1.32 bits per heavy atom. The Labute approximate surface area is 132 Å². The molecule has 1 fully saturated rings. The van der Waals surface area contributed by atoms with Crippen molar-refractivity contribution in [3.63, 3.8) is 0 Å². The zero-order valence-corrected chi connectivity index (χ0v) is 13.3. The fourth-order valence-corrected chi connectivity index (χ4v) is 2.57. The van der Waals surface area contributed by atoms with Gasteiger partial charge in [0.05, 0.1) is 6.10 Å². The van der Waals surface area contributed by atoms with Crippen molar-refractivity contribution in [1.29, 1.82) is 0 Å². The number of aliphatic hydroxyl groups is 1. The first-order valence-corrected chi connectivity index (χ1v) is 8.06. The molecule has 1 amide bonds. The molecule has 4 nitrogen and oxygen atoms in total. The number of likely N-dealkylation sites (tertiary alicyclic amines) is 1. The molecular weight excluding hydrogens is 276 g/mol. The molecule has 1 heterocycles. The van der Waals surface area contributed by atoms with Gasteiger partial charge in [0.25, 0.3) is 0 Å². The fraction of sp³-hybridized carbons (Fsp3) is 0.500. The molecule has 0 aliphatic carbocycles. The van der Waals surface area contributed by atoms with Crippen LogP contribution in [0, 0.1) is 6.92 Å². The molecule has 4 heteroatoms. The molecule has 22 heavy (non-hydrogen) atoms. The molecule has 0 bridgehead atoms. The number of carbonyl (C=O) groups excluding carboxylic acids is 1. The maximum Gasteiger partial charge on any atom is 0.243 e. The lowest BCUT2D eigenvalue weighted by Crippen LogP contribution is -2.37. The first kappa shape index (κ1) is 16.7. The maximum atomic E-state index is 11.7. The molecule has 120 valence electrons. The second kappa shape index (κ2) is 8.71. The lowest BCUT2D eigenvalue weighted by Gasteiger charge is -2.29. The standard InChI is InChI=1S/C18H26N2O2/c1-15-3-5-16(6-4-15)7-8-18(22)19-11-2-12-20-13-9-17(21)10-14-20/h3-8,17,21H,2,9-14H2,1H3,(H,19,22)/b8-7+. The van der Waals surface area contributed by atoms with Crippen molar-refractivity contribution in [2.45, 2.75) is 32.3 Å². The molecule has 1 aromatic rings. The Bertz CT molecular complexity index is 488. The summed E-state index contributed by atoms with van der Waals surface area (Å²) in [6.07, 6.45) is 5.98. The summed E-state index contributed by atoms with van der Waals surface area (Å²) in [5.74, 6) is -0.0466. The topological polar surface area (TPSA) is 52.6 Å². The van der Waals surface area contributed by atoms with Crippen molar-refractivity contribution in [1.82, 2.24) is 10.2 Å². The zero-order chi connectivity index (χ0) is 15.8. The average Bonchev–Trinajstić information content (AvgIpc) is 2.53. The third-order valence-corrected chi connectivity index (χ3v) is 4.01. The van der Waals surface area contributed by atoms with Gasteiger partial charge in [-0.3, -0.25) is 4.79 Å². The third kappa shape index (κ3) is 6.00. The van der Waals surface area contributed by atoms with E-state index < -0.39 is 0 Å². The molecule has 0 aromatic heterocycles. The molecule has 0 unspecified atom stereocenters. The third-order valence-electron chi connectivity index (χ3n) is 4.01. The molecular formula is C18H26N2O2. The summed E-state index contributed by atoms with van der Waals surface area (Å²) >= 11 is 0. The minimum atomic E-state index is -0.122. The minimum absolute atomic E-state index is 0.0466. The monoisotopic (exact) mass is 302 g/mol. The molecule has 2 N–H and O–H groups in total. The molecule has 1 saturated heterocycles. The van der Waals surface area contributed by atoms with Gasteiger partial charge in [0.15, 0.2) is 0 Å². The minimum Gasteiger partial charge on any atom is -0.393 e. The SMILES string of the molecule is Cc1ccc(/C=C/C(=O)NCCCN2CCC(O)CC2)cc1. The largest absolute Gasteiger partial charge is 0.393 e. The summed E-state index contributed by atoms with van der Waals surface area (Å²) < 4.78 is 0. The van der Waals surface area contributed by atoms with E-state index in [2.05, 4.69) is 10.2 Å². The Kier molecular flexibility index (Phi) is 6.62. The van der Waals surface area contributed by atoms with E-state index in [1.54, 1.807) is 6.08 Å². The van der Waals surface area contributed by atoms with E-state index in [0.717, 1.165) is 44.5 Å². The zero-order valence-electron chi connectivity index (χ0n) is 13.3. The highest BCUT2D eigenvalue weighted by Gasteiger charge is 2.15. The van der Waals surface area contributed by atoms with Gasteiger partial charge in [0, 0.05) is 25.7 Å². The van der Waals surface area contributed by atoms with Crippen LogP contribution in [0.3, 0.4) is 0 Å². The van der Waals surface area contributed by atoms with Crippen LogP contribution in [0.25, 0.3) is 6.08 Å². The van der Waals surface area contributed by atoms with Crippen LogP contribution in [-0.2, 0) is 4.79 Å². The highest BCUT2D eigenvalue weighted by molar-refractivity contribution is 5.91. The van der Waals surface area contributed by atoms with Crippen molar-refractivity contribution in [2.24, 2.45) is 0 Å². The Balaban J connectivity index is 1.60. The second-order valence-corrected chi connectivity index (χ2v) is 5.96. The van der Waals surface area contributed by atoms with E-state index in [1.165, 1.54) is 5.56 Å². The Morgan fingerprint density at radius 3 is 2.68 bits per heavy atom. The van der Waals surface area contributed by atoms with Crippen molar-refractivity contribution in [3.05, 3.63) is 41.5 Å². The number of amides is 1. The number of nitrogens with one attached hydrogen (secondary N) is 1. The highest BCUT2D eigenvalue weighted by Crippen LogP contribution is 2.09. The normalized spacial score (nSPS) is 17.0. The summed E-state index contributed by atoms with van der Waals surface area (Å²) in [5, 5.41) is 12.4. The van der Waals surface area contributed by atoms with Crippen molar-refractivity contribution in [2.75, 3.05) is 26.2 Å². The van der Waals surface area contributed by atoms with E-state index in [0.29, 0.717) is 6.54 Å². The number of aliphatic hydroxyl groups excluding tert-OH is 1. The van der Waals surface area contributed by atoms with Gasteiger partial charge in [0.1, 0.15) is 0 Å². The predicted octanol–water partition coefficient (Wildman–Crippen LogP) is 1.97. The van der Waals surface area contributed by atoms with Crippen LogP contribution in [0.1, 0.15) is 30.4 Å². The summed E-state index contributed by atoms with van der Waals surface area (Å²) in [6, 6.07) is 8.08. The second-order valence-electron chi connectivity index (χ2n) is 5.96. The lowest BCUT2D eigenvalue weighted by atomic mass is 10.1. The van der Waals surface area contributed by atoms with Gasteiger partial charge >= 0.3 is 0 Å². The summed E-state index contributed by atoms with van der Waals surface area (Å²) in [6.45, 7) is 5.64. The van der Waals surface area contributed by atoms with Crippen LogP contribution in [0.5, 0.6) is 0 Å². The van der Waals surface area contributed by atoms with Gasteiger partial charge < -0.3 is 15.3 Å².